The van der Waals surface area contributed by atoms with E-state index in [0.717, 1.165) is 24.1 Å². The molecule has 74 valence electrons. The van der Waals surface area contributed by atoms with Gasteiger partial charge in [-0.25, -0.2) is 0 Å². The topological polar surface area (TPSA) is 55.1 Å². The second-order valence-corrected chi connectivity index (χ2v) is 3.80. The normalized spacial score (nSPS) is 21.0. The van der Waals surface area contributed by atoms with Gasteiger partial charge in [-0.15, -0.1) is 0 Å². The number of anilines is 1. The van der Waals surface area contributed by atoms with Crippen molar-refractivity contribution in [1.82, 2.24) is 0 Å². The average Bonchev–Trinajstić information content (AvgIpc) is 2.27. The Morgan fingerprint density at radius 1 is 1.50 bits per heavy atom. The van der Waals surface area contributed by atoms with Crippen LogP contribution in [0.5, 0.6) is 0 Å². The van der Waals surface area contributed by atoms with Crippen LogP contribution in [0, 0.1) is 6.92 Å². The number of aryl methyl sites for hydroxylation is 2. The molecule has 2 rings (SSSR count). The first-order valence-electron chi connectivity index (χ1n) is 4.83. The molecule has 0 saturated heterocycles. The Bertz CT molecular complexity index is 374. The second-order valence-electron chi connectivity index (χ2n) is 3.80. The lowest BCUT2D eigenvalue weighted by Crippen LogP contribution is -2.34. The highest BCUT2D eigenvalue weighted by atomic mass is 16.2. The van der Waals surface area contributed by atoms with Crippen molar-refractivity contribution in [3.63, 3.8) is 0 Å². The molecule has 14 heavy (non-hydrogen) atoms. The Kier molecular flexibility index (Phi) is 2.25. The van der Waals surface area contributed by atoms with E-state index in [1.165, 1.54) is 5.56 Å². The van der Waals surface area contributed by atoms with E-state index in [-0.39, 0.29) is 11.9 Å². The van der Waals surface area contributed by atoms with Crippen LogP contribution in [-0.2, 0) is 11.2 Å². The summed E-state index contributed by atoms with van der Waals surface area (Å²) < 4.78 is 0. The van der Waals surface area contributed by atoms with Crippen LogP contribution < -0.4 is 11.1 Å². The molecule has 0 spiro atoms. The maximum absolute atomic E-state index is 11.5. The molecule has 0 radical (unpaired) electrons. The molecule has 1 heterocycles. The van der Waals surface area contributed by atoms with Crippen LogP contribution in [0.15, 0.2) is 18.2 Å². The van der Waals surface area contributed by atoms with Gasteiger partial charge in [-0.2, -0.15) is 0 Å². The molecule has 3 nitrogen and oxygen atoms in total. The van der Waals surface area contributed by atoms with Crippen molar-refractivity contribution in [2.24, 2.45) is 5.73 Å². The molecule has 1 atom stereocenters. The van der Waals surface area contributed by atoms with Crippen molar-refractivity contribution >= 4 is 11.6 Å². The smallest absolute Gasteiger partial charge is 0.241 e. The van der Waals surface area contributed by atoms with Gasteiger partial charge in [0.2, 0.25) is 5.91 Å². The Morgan fingerprint density at radius 2 is 2.29 bits per heavy atom. The number of hydrogen-bond donors (Lipinski definition) is 2. The van der Waals surface area contributed by atoms with Gasteiger partial charge in [-0.3, -0.25) is 4.79 Å². The summed E-state index contributed by atoms with van der Waals surface area (Å²) in [5, 5.41) is 2.85. The van der Waals surface area contributed by atoms with E-state index < -0.39 is 0 Å². The maximum atomic E-state index is 11.5. The lowest BCUT2D eigenvalue weighted by atomic mass is 10.0. The Labute approximate surface area is 83.3 Å². The van der Waals surface area contributed by atoms with Gasteiger partial charge in [0.1, 0.15) is 0 Å². The monoisotopic (exact) mass is 190 g/mol. The molecule has 1 aliphatic heterocycles. The van der Waals surface area contributed by atoms with E-state index in [2.05, 4.69) is 17.4 Å². The second kappa shape index (κ2) is 3.42. The highest BCUT2D eigenvalue weighted by Crippen LogP contribution is 2.22. The van der Waals surface area contributed by atoms with Gasteiger partial charge in [0.05, 0.1) is 6.04 Å². The quantitative estimate of drug-likeness (QED) is 0.646. The van der Waals surface area contributed by atoms with Gasteiger partial charge in [0.15, 0.2) is 0 Å². The van der Waals surface area contributed by atoms with Crippen LogP contribution in [0.25, 0.3) is 0 Å². The van der Waals surface area contributed by atoms with Gasteiger partial charge in [0.25, 0.3) is 0 Å². The van der Waals surface area contributed by atoms with Gasteiger partial charge < -0.3 is 11.1 Å². The van der Waals surface area contributed by atoms with E-state index in [4.69, 9.17) is 5.73 Å². The summed E-state index contributed by atoms with van der Waals surface area (Å²) in [6.07, 6.45) is 1.59. The zero-order valence-electron chi connectivity index (χ0n) is 8.21. The minimum Gasteiger partial charge on any atom is -0.324 e. The SMILES string of the molecule is Cc1ccc2c(c1)NC(=O)C(N)CC2. The fourth-order valence-corrected chi connectivity index (χ4v) is 1.69. The van der Waals surface area contributed by atoms with Crippen LogP contribution >= 0.6 is 0 Å². The van der Waals surface area contributed by atoms with E-state index in [1.54, 1.807) is 0 Å². The highest BCUT2D eigenvalue weighted by Gasteiger charge is 2.19. The number of nitrogens with two attached hydrogens (primary N) is 1. The van der Waals surface area contributed by atoms with Crippen LogP contribution in [0.4, 0.5) is 5.69 Å². The summed E-state index contributed by atoms with van der Waals surface area (Å²) in [5.41, 5.74) is 8.93. The van der Waals surface area contributed by atoms with Crippen LogP contribution in [0.3, 0.4) is 0 Å². The van der Waals surface area contributed by atoms with Crippen molar-refractivity contribution in [3.05, 3.63) is 29.3 Å². The van der Waals surface area contributed by atoms with Crippen molar-refractivity contribution in [3.8, 4) is 0 Å². The number of nitrogens with one attached hydrogen (secondary N) is 1. The molecule has 0 fully saturated rings. The van der Waals surface area contributed by atoms with E-state index in [1.807, 2.05) is 13.0 Å². The van der Waals surface area contributed by atoms with Crippen LogP contribution in [0.1, 0.15) is 17.5 Å². The van der Waals surface area contributed by atoms with E-state index >= 15 is 0 Å². The number of carbonyl (C=O) groups excluding carboxylic acids is 1. The van der Waals surface area contributed by atoms with E-state index in [9.17, 15) is 4.79 Å². The van der Waals surface area contributed by atoms with Gasteiger partial charge >= 0.3 is 0 Å². The Morgan fingerprint density at radius 3 is 3.07 bits per heavy atom. The largest absolute Gasteiger partial charge is 0.324 e. The molecule has 1 aliphatic rings. The standard InChI is InChI=1S/C11H14N2O/c1-7-2-3-8-4-5-9(12)11(14)13-10(8)6-7/h2-3,6,9H,4-5,12H2,1H3,(H,13,14). The average molecular weight is 190 g/mol. The third-order valence-corrected chi connectivity index (χ3v) is 2.58. The minimum atomic E-state index is -0.372. The Balaban J connectivity index is 2.38. The van der Waals surface area contributed by atoms with Crippen LogP contribution in [-0.4, -0.2) is 11.9 Å². The summed E-state index contributed by atoms with van der Waals surface area (Å²) in [6, 6.07) is 5.73. The number of hydrogen-bond acceptors (Lipinski definition) is 2. The molecule has 1 unspecified atom stereocenters. The molecule has 3 N–H and O–H groups in total. The van der Waals surface area contributed by atoms with Crippen LogP contribution in [0.2, 0.25) is 0 Å². The van der Waals surface area contributed by atoms with Crippen molar-refractivity contribution in [1.29, 1.82) is 0 Å². The van der Waals surface area contributed by atoms with Gasteiger partial charge in [-0.05, 0) is 37.0 Å². The molecule has 1 amide bonds. The summed E-state index contributed by atoms with van der Waals surface area (Å²) in [5.74, 6) is -0.0747. The fraction of sp³-hybridized carbons (Fsp3) is 0.364. The number of fused-ring (bicyclic) bond motifs is 1. The molecule has 1 aromatic rings. The Hall–Kier alpha value is -1.35. The zero-order valence-corrected chi connectivity index (χ0v) is 8.21. The number of carbonyl (C=O) groups is 1. The molecule has 0 saturated carbocycles. The highest BCUT2D eigenvalue weighted by molar-refractivity contribution is 5.96. The summed E-state index contributed by atoms with van der Waals surface area (Å²) in [7, 11) is 0. The predicted octanol–water partition coefficient (Wildman–Crippen LogP) is 1.21. The summed E-state index contributed by atoms with van der Waals surface area (Å²) in [6.45, 7) is 2.01. The lowest BCUT2D eigenvalue weighted by molar-refractivity contribution is -0.117. The molecular formula is C11H14N2O. The maximum Gasteiger partial charge on any atom is 0.241 e. The van der Waals surface area contributed by atoms with Crippen molar-refractivity contribution in [2.75, 3.05) is 5.32 Å². The molecule has 1 aromatic carbocycles. The molecule has 0 aliphatic carbocycles. The number of rotatable bonds is 0. The minimum absolute atomic E-state index is 0.0747. The van der Waals surface area contributed by atoms with Crippen molar-refractivity contribution < 1.29 is 4.79 Å². The first kappa shape index (κ1) is 9.21. The third kappa shape index (κ3) is 1.63. The molecular weight excluding hydrogens is 176 g/mol. The predicted molar refractivity (Wildman–Crippen MR) is 56.1 cm³/mol. The van der Waals surface area contributed by atoms with E-state index in [0.29, 0.717) is 0 Å². The van der Waals surface area contributed by atoms with Crippen molar-refractivity contribution in [2.45, 2.75) is 25.8 Å². The van der Waals surface area contributed by atoms with Gasteiger partial charge in [0, 0.05) is 5.69 Å². The molecule has 3 heteroatoms. The molecule has 0 bridgehead atoms. The first-order valence-corrected chi connectivity index (χ1v) is 4.83. The summed E-state index contributed by atoms with van der Waals surface area (Å²) in [4.78, 5) is 11.5. The van der Waals surface area contributed by atoms with Gasteiger partial charge in [-0.1, -0.05) is 12.1 Å². The fourth-order valence-electron chi connectivity index (χ4n) is 1.69. The number of amides is 1. The molecule has 0 aromatic heterocycles. The zero-order chi connectivity index (χ0) is 10.1. The lowest BCUT2D eigenvalue weighted by Gasteiger charge is -2.07. The third-order valence-electron chi connectivity index (χ3n) is 2.58. The number of benzene rings is 1. The first-order chi connectivity index (χ1) is 6.66. The summed E-state index contributed by atoms with van der Waals surface area (Å²) >= 11 is 0.